The second-order valence-corrected chi connectivity index (χ2v) is 4.48. The highest BCUT2D eigenvalue weighted by Gasteiger charge is 2.14. The molecule has 0 aromatic carbocycles. The average Bonchev–Trinajstić information content (AvgIpc) is 2.69. The third-order valence-corrected chi connectivity index (χ3v) is 3.05. The molecule has 0 spiro atoms. The first-order valence-electron chi connectivity index (χ1n) is 5.64. The number of nitrogens with zero attached hydrogens (tertiary/aromatic N) is 1. The largest absolute Gasteiger partial charge is 0.369 e. The van der Waals surface area contributed by atoms with Gasteiger partial charge in [-0.3, -0.25) is 0 Å². The van der Waals surface area contributed by atoms with Crippen LogP contribution in [0.5, 0.6) is 0 Å². The van der Waals surface area contributed by atoms with E-state index in [9.17, 15) is 0 Å². The number of aromatic amines is 1. The Morgan fingerprint density at radius 3 is 2.93 bits per heavy atom. The SMILES string of the molecule is CCc1nc(=S)cc(NC2CCCC2)[nH]1. The van der Waals surface area contributed by atoms with Gasteiger partial charge in [-0.1, -0.05) is 32.0 Å². The van der Waals surface area contributed by atoms with Crippen molar-refractivity contribution in [1.82, 2.24) is 9.97 Å². The lowest BCUT2D eigenvalue weighted by atomic mass is 10.2. The molecule has 0 atom stereocenters. The Labute approximate surface area is 95.3 Å². The summed E-state index contributed by atoms with van der Waals surface area (Å²) in [5, 5.41) is 3.49. The summed E-state index contributed by atoms with van der Waals surface area (Å²) in [5.41, 5.74) is 0. The molecule has 0 aliphatic heterocycles. The van der Waals surface area contributed by atoms with Gasteiger partial charge in [0.25, 0.3) is 0 Å². The molecule has 0 saturated heterocycles. The van der Waals surface area contributed by atoms with E-state index in [1.807, 2.05) is 6.07 Å². The van der Waals surface area contributed by atoms with Crippen LogP contribution in [0.1, 0.15) is 38.4 Å². The molecule has 3 nitrogen and oxygen atoms in total. The summed E-state index contributed by atoms with van der Waals surface area (Å²) < 4.78 is 0.672. The minimum Gasteiger partial charge on any atom is -0.369 e. The van der Waals surface area contributed by atoms with Crippen molar-refractivity contribution in [3.8, 4) is 0 Å². The second kappa shape index (κ2) is 4.75. The van der Waals surface area contributed by atoms with E-state index in [1.165, 1.54) is 25.7 Å². The normalized spacial score (nSPS) is 16.9. The van der Waals surface area contributed by atoms with E-state index in [1.54, 1.807) is 0 Å². The van der Waals surface area contributed by atoms with E-state index in [0.29, 0.717) is 10.7 Å². The minimum atomic E-state index is 0.614. The Morgan fingerprint density at radius 1 is 1.53 bits per heavy atom. The summed E-state index contributed by atoms with van der Waals surface area (Å²) in [6.07, 6.45) is 6.10. The molecule has 1 aromatic heterocycles. The number of nitrogens with one attached hydrogen (secondary N) is 2. The number of hydrogen-bond donors (Lipinski definition) is 2. The molecule has 0 unspecified atom stereocenters. The molecule has 0 amide bonds. The van der Waals surface area contributed by atoms with E-state index >= 15 is 0 Å². The molecule has 15 heavy (non-hydrogen) atoms. The zero-order valence-corrected chi connectivity index (χ0v) is 9.86. The first kappa shape index (κ1) is 10.6. The third kappa shape index (κ3) is 2.78. The Hall–Kier alpha value is -0.900. The third-order valence-electron chi connectivity index (χ3n) is 2.84. The highest BCUT2D eigenvalue weighted by Crippen LogP contribution is 2.21. The fraction of sp³-hybridized carbons (Fsp3) is 0.636. The van der Waals surface area contributed by atoms with E-state index < -0.39 is 0 Å². The molecule has 1 aliphatic carbocycles. The van der Waals surface area contributed by atoms with Gasteiger partial charge in [0, 0.05) is 18.5 Å². The van der Waals surface area contributed by atoms with Crippen LogP contribution in [0.3, 0.4) is 0 Å². The number of H-pyrrole nitrogens is 1. The van der Waals surface area contributed by atoms with Gasteiger partial charge in [0.1, 0.15) is 16.3 Å². The van der Waals surface area contributed by atoms with Gasteiger partial charge in [-0.15, -0.1) is 0 Å². The maximum absolute atomic E-state index is 5.12. The average molecular weight is 223 g/mol. The van der Waals surface area contributed by atoms with E-state index in [-0.39, 0.29) is 0 Å². The van der Waals surface area contributed by atoms with Crippen molar-refractivity contribution in [2.24, 2.45) is 0 Å². The Balaban J connectivity index is 2.12. The first-order valence-corrected chi connectivity index (χ1v) is 6.05. The molecule has 0 bridgehead atoms. The smallest absolute Gasteiger partial charge is 0.131 e. The van der Waals surface area contributed by atoms with Gasteiger partial charge in [-0.05, 0) is 12.8 Å². The van der Waals surface area contributed by atoms with Crippen LogP contribution in [0, 0.1) is 4.64 Å². The number of aromatic nitrogens is 2. The van der Waals surface area contributed by atoms with Crippen LogP contribution in [-0.2, 0) is 6.42 Å². The fourth-order valence-electron chi connectivity index (χ4n) is 2.04. The van der Waals surface area contributed by atoms with Crippen LogP contribution < -0.4 is 5.32 Å². The lowest BCUT2D eigenvalue weighted by molar-refractivity contribution is 0.746. The molecular weight excluding hydrogens is 206 g/mol. The standard InChI is InChI=1S/C11H17N3S/c1-2-9-13-10(7-11(15)14-9)12-8-5-3-4-6-8/h7-8H,2-6H2,1H3,(H2,12,13,14,15). The molecule has 4 heteroatoms. The van der Waals surface area contributed by atoms with Crippen LogP contribution in [0.25, 0.3) is 0 Å². The van der Waals surface area contributed by atoms with Crippen molar-refractivity contribution in [3.63, 3.8) is 0 Å². The second-order valence-electron chi connectivity index (χ2n) is 4.06. The van der Waals surface area contributed by atoms with Crippen molar-refractivity contribution in [1.29, 1.82) is 0 Å². The van der Waals surface area contributed by atoms with E-state index in [4.69, 9.17) is 12.2 Å². The molecule has 2 rings (SSSR count). The molecule has 1 fully saturated rings. The number of hydrogen-bond acceptors (Lipinski definition) is 3. The van der Waals surface area contributed by atoms with Gasteiger partial charge in [0.2, 0.25) is 0 Å². The van der Waals surface area contributed by atoms with Gasteiger partial charge in [0.15, 0.2) is 0 Å². The van der Waals surface area contributed by atoms with Gasteiger partial charge < -0.3 is 10.3 Å². The van der Waals surface area contributed by atoms with Crippen LogP contribution in [-0.4, -0.2) is 16.0 Å². The molecule has 82 valence electrons. The molecule has 1 saturated carbocycles. The van der Waals surface area contributed by atoms with Crippen LogP contribution in [0.2, 0.25) is 0 Å². The van der Waals surface area contributed by atoms with Crippen molar-refractivity contribution < 1.29 is 0 Å². The van der Waals surface area contributed by atoms with Gasteiger partial charge in [0.05, 0.1) is 0 Å². The fourth-order valence-corrected chi connectivity index (χ4v) is 2.27. The lowest BCUT2D eigenvalue weighted by Crippen LogP contribution is -2.16. The van der Waals surface area contributed by atoms with Crippen molar-refractivity contribution >= 4 is 18.0 Å². The molecule has 1 aliphatic rings. The number of aryl methyl sites for hydroxylation is 1. The summed E-state index contributed by atoms with van der Waals surface area (Å²) in [6.45, 7) is 2.08. The predicted molar refractivity (Wildman–Crippen MR) is 64.7 cm³/mol. The van der Waals surface area contributed by atoms with Gasteiger partial charge in [-0.2, -0.15) is 0 Å². The Morgan fingerprint density at radius 2 is 2.27 bits per heavy atom. The topological polar surface area (TPSA) is 40.7 Å². The zero-order valence-electron chi connectivity index (χ0n) is 9.05. The highest BCUT2D eigenvalue weighted by atomic mass is 32.1. The summed E-state index contributed by atoms with van der Waals surface area (Å²) in [7, 11) is 0. The van der Waals surface area contributed by atoms with Gasteiger partial charge in [-0.25, -0.2) is 4.98 Å². The number of anilines is 1. The van der Waals surface area contributed by atoms with Crippen molar-refractivity contribution in [2.75, 3.05) is 5.32 Å². The summed E-state index contributed by atoms with van der Waals surface area (Å²) >= 11 is 5.12. The summed E-state index contributed by atoms with van der Waals surface area (Å²) in [4.78, 5) is 7.52. The van der Waals surface area contributed by atoms with Crippen LogP contribution >= 0.6 is 12.2 Å². The predicted octanol–water partition coefficient (Wildman–Crippen LogP) is 3.06. The Bertz CT molecular complexity index is 380. The molecule has 1 heterocycles. The highest BCUT2D eigenvalue weighted by molar-refractivity contribution is 7.71. The van der Waals surface area contributed by atoms with Crippen molar-refractivity contribution in [3.05, 3.63) is 16.5 Å². The molecule has 0 radical (unpaired) electrons. The molecule has 2 N–H and O–H groups in total. The monoisotopic (exact) mass is 223 g/mol. The van der Waals surface area contributed by atoms with Crippen molar-refractivity contribution in [2.45, 2.75) is 45.1 Å². The minimum absolute atomic E-state index is 0.614. The molecule has 1 aromatic rings. The maximum atomic E-state index is 5.12. The van der Waals surface area contributed by atoms with E-state index in [2.05, 4.69) is 22.2 Å². The first-order chi connectivity index (χ1) is 7.28. The molecular formula is C11H17N3S. The van der Waals surface area contributed by atoms with Crippen LogP contribution in [0.15, 0.2) is 6.07 Å². The number of rotatable bonds is 3. The van der Waals surface area contributed by atoms with Crippen LogP contribution in [0.4, 0.5) is 5.82 Å². The zero-order chi connectivity index (χ0) is 10.7. The maximum Gasteiger partial charge on any atom is 0.131 e. The quantitative estimate of drug-likeness (QED) is 0.774. The Kier molecular flexibility index (Phi) is 3.36. The van der Waals surface area contributed by atoms with E-state index in [0.717, 1.165) is 18.1 Å². The lowest BCUT2D eigenvalue weighted by Gasteiger charge is -2.13. The summed E-state index contributed by atoms with van der Waals surface area (Å²) in [5.74, 6) is 1.99. The van der Waals surface area contributed by atoms with Gasteiger partial charge >= 0.3 is 0 Å². The summed E-state index contributed by atoms with van der Waals surface area (Å²) in [6, 6.07) is 2.52.